The Hall–Kier alpha value is -2.40. The minimum Gasteiger partial charge on any atom is -0.484 e. The molecule has 0 spiro atoms. The molecule has 0 fully saturated rings. The Kier molecular flexibility index (Phi) is 3.13. The van der Waals surface area contributed by atoms with Crippen LogP contribution in [0, 0.1) is 5.82 Å². The van der Waals surface area contributed by atoms with Gasteiger partial charge in [0.05, 0.1) is 5.57 Å². The first kappa shape index (κ1) is 14.2. The van der Waals surface area contributed by atoms with E-state index < -0.39 is 5.82 Å². The lowest BCUT2D eigenvalue weighted by Gasteiger charge is -2.09. The van der Waals surface area contributed by atoms with Crippen molar-refractivity contribution in [1.82, 2.24) is 4.98 Å². The van der Waals surface area contributed by atoms with Crippen molar-refractivity contribution in [2.45, 2.75) is 19.4 Å². The van der Waals surface area contributed by atoms with Gasteiger partial charge in [0.2, 0.25) is 0 Å². The molecular formula is C17H12ClFN2O2. The van der Waals surface area contributed by atoms with E-state index in [0.717, 1.165) is 17.5 Å². The van der Waals surface area contributed by atoms with Crippen LogP contribution in [0.1, 0.15) is 36.1 Å². The highest BCUT2D eigenvalue weighted by Crippen LogP contribution is 2.46. The molecule has 0 aliphatic carbocycles. The monoisotopic (exact) mass is 330 g/mol. The molecule has 0 bridgehead atoms. The summed E-state index contributed by atoms with van der Waals surface area (Å²) in [4.78, 5) is 16.5. The van der Waals surface area contributed by atoms with Crippen molar-refractivity contribution >= 4 is 34.5 Å². The molecule has 1 unspecified atom stereocenters. The Labute approximate surface area is 136 Å². The fourth-order valence-corrected chi connectivity index (χ4v) is 3.20. The fourth-order valence-electron chi connectivity index (χ4n) is 3.03. The number of rotatable bonds is 1. The van der Waals surface area contributed by atoms with Gasteiger partial charge in [-0.1, -0.05) is 18.5 Å². The summed E-state index contributed by atoms with van der Waals surface area (Å²) in [7, 11) is 0. The molecule has 0 saturated carbocycles. The Morgan fingerprint density at radius 2 is 2.17 bits per heavy atom. The van der Waals surface area contributed by atoms with Crippen molar-refractivity contribution in [3.63, 3.8) is 0 Å². The van der Waals surface area contributed by atoms with Gasteiger partial charge < -0.3 is 10.1 Å². The molecule has 1 aromatic heterocycles. The first-order chi connectivity index (χ1) is 11.1. The van der Waals surface area contributed by atoms with Gasteiger partial charge >= 0.3 is 0 Å². The predicted molar refractivity (Wildman–Crippen MR) is 85.2 cm³/mol. The number of carbonyl (C=O) groups excluding carboxylic acids is 1. The average Bonchev–Trinajstić information content (AvgIpc) is 3.03. The minimum atomic E-state index is -0.405. The number of fused-ring (bicyclic) bond motifs is 2. The maximum absolute atomic E-state index is 13.6. The number of nitrogens with zero attached hydrogens (tertiary/aromatic N) is 1. The number of nitrogens with one attached hydrogen (secondary N) is 1. The van der Waals surface area contributed by atoms with E-state index in [1.807, 2.05) is 6.92 Å². The molecule has 1 atom stereocenters. The van der Waals surface area contributed by atoms with E-state index in [4.69, 9.17) is 16.3 Å². The summed E-state index contributed by atoms with van der Waals surface area (Å²) >= 11 is 5.97. The largest absolute Gasteiger partial charge is 0.484 e. The van der Waals surface area contributed by atoms with Crippen LogP contribution in [0.2, 0.25) is 5.15 Å². The lowest BCUT2D eigenvalue weighted by Crippen LogP contribution is -2.06. The highest BCUT2D eigenvalue weighted by Gasteiger charge is 2.36. The second-order valence-corrected chi connectivity index (χ2v) is 5.84. The molecule has 4 rings (SSSR count). The normalized spacial score (nSPS) is 21.7. The van der Waals surface area contributed by atoms with Crippen LogP contribution in [0.3, 0.4) is 0 Å². The topological polar surface area (TPSA) is 51.2 Å². The third-order valence-corrected chi connectivity index (χ3v) is 4.28. The quantitative estimate of drug-likeness (QED) is 0.630. The number of carbonyl (C=O) groups is 1. The zero-order chi connectivity index (χ0) is 16.1. The van der Waals surface area contributed by atoms with Crippen LogP contribution in [0.4, 0.5) is 10.1 Å². The van der Waals surface area contributed by atoms with Gasteiger partial charge in [-0.3, -0.25) is 4.79 Å². The predicted octanol–water partition coefficient (Wildman–Crippen LogP) is 4.18. The van der Waals surface area contributed by atoms with Gasteiger partial charge in [0, 0.05) is 28.6 Å². The summed E-state index contributed by atoms with van der Waals surface area (Å²) < 4.78 is 19.6. The second-order valence-electron chi connectivity index (χ2n) is 5.46. The first-order valence-electron chi connectivity index (χ1n) is 7.26. The number of benzene rings is 1. The Morgan fingerprint density at radius 3 is 2.96 bits per heavy atom. The lowest BCUT2D eigenvalue weighted by atomic mass is 10.00. The van der Waals surface area contributed by atoms with Gasteiger partial charge in [-0.25, -0.2) is 9.37 Å². The number of aromatic nitrogens is 1. The molecule has 23 heavy (non-hydrogen) atoms. The van der Waals surface area contributed by atoms with Gasteiger partial charge in [-0.15, -0.1) is 0 Å². The van der Waals surface area contributed by atoms with Gasteiger partial charge in [0.1, 0.15) is 22.8 Å². The zero-order valence-corrected chi connectivity index (χ0v) is 12.9. The van der Waals surface area contributed by atoms with Crippen molar-refractivity contribution < 1.29 is 13.9 Å². The number of pyridine rings is 1. The Bertz CT molecular complexity index is 879. The highest BCUT2D eigenvalue weighted by atomic mass is 35.5. The van der Waals surface area contributed by atoms with Crippen molar-refractivity contribution in [2.24, 2.45) is 0 Å². The van der Waals surface area contributed by atoms with E-state index in [-0.39, 0.29) is 12.0 Å². The number of amides is 1. The maximum Gasteiger partial charge on any atom is 0.260 e. The summed E-state index contributed by atoms with van der Waals surface area (Å²) in [5.74, 6) is -0.283. The van der Waals surface area contributed by atoms with Crippen molar-refractivity contribution in [3.05, 3.63) is 58.1 Å². The van der Waals surface area contributed by atoms with E-state index in [9.17, 15) is 9.18 Å². The number of hydrogen-bond acceptors (Lipinski definition) is 3. The maximum atomic E-state index is 13.6. The van der Waals surface area contributed by atoms with E-state index in [0.29, 0.717) is 27.7 Å². The van der Waals surface area contributed by atoms with Gasteiger partial charge in [-0.2, -0.15) is 0 Å². The van der Waals surface area contributed by atoms with Gasteiger partial charge in [0.25, 0.3) is 5.91 Å². The minimum absolute atomic E-state index is 0.196. The standard InChI is InChI=1S/C17H12ClFN2O2/c1-2-13-9-6-14(18)20-7-11(9)16(23-13)15-10-5-8(19)3-4-12(10)21-17(15)22/h3-7,13H,2H2,1H3,(H,21,22)/b16-15+. The molecule has 2 aromatic rings. The van der Waals surface area contributed by atoms with E-state index in [1.165, 1.54) is 12.1 Å². The van der Waals surface area contributed by atoms with Crippen LogP contribution in [-0.4, -0.2) is 10.9 Å². The number of hydrogen-bond donors (Lipinski definition) is 1. The number of ether oxygens (including phenoxy) is 1. The first-order valence-corrected chi connectivity index (χ1v) is 7.64. The van der Waals surface area contributed by atoms with E-state index in [1.54, 1.807) is 18.3 Å². The second kappa shape index (κ2) is 5.06. The molecule has 1 N–H and O–H groups in total. The number of anilines is 1. The highest BCUT2D eigenvalue weighted by molar-refractivity contribution is 6.36. The van der Waals surface area contributed by atoms with Crippen LogP contribution in [0.5, 0.6) is 0 Å². The molecular weight excluding hydrogens is 319 g/mol. The molecule has 2 aliphatic rings. The van der Waals surface area contributed by atoms with Crippen molar-refractivity contribution in [3.8, 4) is 0 Å². The molecule has 1 amide bonds. The molecule has 2 aliphatic heterocycles. The molecule has 0 saturated heterocycles. The molecule has 4 nitrogen and oxygen atoms in total. The fraction of sp³-hybridized carbons (Fsp3) is 0.176. The summed E-state index contributed by atoms with van der Waals surface area (Å²) in [6, 6.07) is 5.94. The van der Waals surface area contributed by atoms with Gasteiger partial charge in [-0.05, 0) is 30.7 Å². The molecule has 3 heterocycles. The molecule has 116 valence electrons. The third-order valence-electron chi connectivity index (χ3n) is 4.08. The smallest absolute Gasteiger partial charge is 0.260 e. The third kappa shape index (κ3) is 2.11. The lowest BCUT2D eigenvalue weighted by molar-refractivity contribution is -0.110. The zero-order valence-electron chi connectivity index (χ0n) is 12.2. The van der Waals surface area contributed by atoms with E-state index >= 15 is 0 Å². The van der Waals surface area contributed by atoms with Crippen molar-refractivity contribution in [1.29, 1.82) is 0 Å². The molecule has 0 radical (unpaired) electrons. The average molecular weight is 331 g/mol. The SMILES string of the molecule is CCC1O/C(=C2/C(=O)Nc3ccc(F)cc32)c2cnc(Cl)cc21. The summed E-state index contributed by atoms with van der Waals surface area (Å²) in [5, 5.41) is 3.11. The number of halogens is 2. The van der Waals surface area contributed by atoms with Crippen LogP contribution >= 0.6 is 11.6 Å². The molecule has 6 heteroatoms. The summed E-state index contributed by atoms with van der Waals surface area (Å²) in [6.45, 7) is 1.98. The van der Waals surface area contributed by atoms with Crippen molar-refractivity contribution in [2.75, 3.05) is 5.32 Å². The Balaban J connectivity index is 1.97. The summed E-state index contributed by atoms with van der Waals surface area (Å²) in [6.07, 6.45) is 2.13. The molecule has 1 aromatic carbocycles. The van der Waals surface area contributed by atoms with Crippen LogP contribution < -0.4 is 5.32 Å². The summed E-state index contributed by atoms with van der Waals surface area (Å²) in [5.41, 5.74) is 3.03. The van der Waals surface area contributed by atoms with E-state index in [2.05, 4.69) is 10.3 Å². The Morgan fingerprint density at radius 1 is 1.35 bits per heavy atom. The van der Waals surface area contributed by atoms with Crippen LogP contribution in [-0.2, 0) is 9.53 Å². The van der Waals surface area contributed by atoms with Crippen LogP contribution in [0.25, 0.3) is 11.3 Å². The van der Waals surface area contributed by atoms with Crippen LogP contribution in [0.15, 0.2) is 30.5 Å². The van der Waals surface area contributed by atoms with Gasteiger partial charge in [0.15, 0.2) is 0 Å².